The van der Waals surface area contributed by atoms with E-state index in [1.807, 2.05) is 18.7 Å². The van der Waals surface area contributed by atoms with Gasteiger partial charge in [0, 0.05) is 25.6 Å². The van der Waals surface area contributed by atoms with Crippen molar-refractivity contribution in [1.82, 2.24) is 10.2 Å². The van der Waals surface area contributed by atoms with E-state index in [-0.39, 0.29) is 40.4 Å². The van der Waals surface area contributed by atoms with Crippen molar-refractivity contribution in [2.45, 2.75) is 136 Å². The van der Waals surface area contributed by atoms with E-state index in [1.165, 1.54) is 0 Å². The normalized spacial score (nSPS) is 39.0. The van der Waals surface area contributed by atoms with E-state index in [0.29, 0.717) is 43.1 Å². The summed E-state index contributed by atoms with van der Waals surface area (Å²) in [6.45, 7) is 13.3. The Morgan fingerprint density at radius 1 is 0.936 bits per heavy atom. The Morgan fingerprint density at radius 3 is 2.28 bits per heavy atom. The number of fused-ring (bicyclic) bond motifs is 5. The summed E-state index contributed by atoms with van der Waals surface area (Å²) in [4.78, 5) is 13.9. The van der Waals surface area contributed by atoms with Crippen LogP contribution in [0, 0.1) is 52.3 Å². The first-order chi connectivity index (χ1) is 21.9. The quantitative estimate of drug-likeness (QED) is 0.152. The maximum Gasteiger partial charge on any atom is 0.397 e. The SMILES string of the molecule is CC(C)[C@H](CC[C@@H](C)[C@H]1CCC2C3C(OS(=O)(=O)O)C[C@H]4C[C@@H](NCCCN5CCCC5=O)CC[C@]4(C)C3CC[C@@]21C)OS(=O)(=O)O. The molecule has 0 spiro atoms. The van der Waals surface area contributed by atoms with Gasteiger partial charge in [-0.1, -0.05) is 34.6 Å². The molecule has 0 aromatic carbocycles. The molecule has 11 atom stereocenters. The van der Waals surface area contributed by atoms with Crippen LogP contribution in [0.1, 0.15) is 118 Å². The van der Waals surface area contributed by atoms with E-state index in [1.54, 1.807) is 0 Å². The topological polar surface area (TPSA) is 160 Å². The highest BCUT2D eigenvalue weighted by Gasteiger charge is 2.63. The number of likely N-dealkylation sites (tertiary alicyclic amines) is 1. The van der Waals surface area contributed by atoms with Crippen molar-refractivity contribution in [1.29, 1.82) is 0 Å². The Bertz CT molecular complexity index is 1330. The van der Waals surface area contributed by atoms with Gasteiger partial charge in [0.1, 0.15) is 0 Å². The molecule has 5 aliphatic rings. The molecule has 11 nitrogen and oxygen atoms in total. The lowest BCUT2D eigenvalue weighted by molar-refractivity contribution is -0.160. The van der Waals surface area contributed by atoms with Crippen LogP contribution in [-0.2, 0) is 34.0 Å². The fourth-order valence-corrected chi connectivity index (χ4v) is 12.6. The molecule has 13 heteroatoms. The molecule has 1 heterocycles. The van der Waals surface area contributed by atoms with Gasteiger partial charge in [-0.3, -0.25) is 13.9 Å². The molecular weight excluding hydrogens is 645 g/mol. The van der Waals surface area contributed by atoms with E-state index < -0.39 is 33.0 Å². The van der Waals surface area contributed by atoms with Gasteiger partial charge in [-0.25, -0.2) is 8.37 Å². The first kappa shape index (κ1) is 37.4. The number of carbonyl (C=O) groups excluding carboxylic acids is 1. The van der Waals surface area contributed by atoms with Crippen molar-refractivity contribution in [2.75, 3.05) is 19.6 Å². The number of amides is 1. The highest BCUT2D eigenvalue weighted by molar-refractivity contribution is 7.81. The molecule has 0 radical (unpaired) electrons. The van der Waals surface area contributed by atoms with Crippen LogP contribution in [0.15, 0.2) is 0 Å². The third kappa shape index (κ3) is 8.39. The molecule has 1 aliphatic heterocycles. The van der Waals surface area contributed by atoms with Crippen molar-refractivity contribution in [3.8, 4) is 0 Å². The summed E-state index contributed by atoms with van der Waals surface area (Å²) < 4.78 is 77.3. The van der Waals surface area contributed by atoms with Gasteiger partial charge in [0.25, 0.3) is 0 Å². The zero-order chi connectivity index (χ0) is 34.4. The fourth-order valence-electron chi connectivity index (χ4n) is 11.4. The lowest BCUT2D eigenvalue weighted by Crippen LogP contribution is -2.60. The van der Waals surface area contributed by atoms with Gasteiger partial charge in [0.2, 0.25) is 5.91 Å². The van der Waals surface area contributed by atoms with E-state index in [0.717, 1.165) is 83.8 Å². The van der Waals surface area contributed by atoms with Gasteiger partial charge in [0.05, 0.1) is 12.2 Å². The van der Waals surface area contributed by atoms with Crippen LogP contribution < -0.4 is 5.32 Å². The van der Waals surface area contributed by atoms with Gasteiger partial charge in [-0.2, -0.15) is 16.8 Å². The van der Waals surface area contributed by atoms with E-state index >= 15 is 0 Å². The molecule has 0 aromatic rings. The van der Waals surface area contributed by atoms with Gasteiger partial charge < -0.3 is 10.2 Å². The molecule has 1 saturated heterocycles. The van der Waals surface area contributed by atoms with E-state index in [2.05, 4.69) is 26.1 Å². The van der Waals surface area contributed by atoms with Gasteiger partial charge in [0.15, 0.2) is 0 Å². The Labute approximate surface area is 283 Å². The second kappa shape index (κ2) is 14.4. The van der Waals surface area contributed by atoms with Crippen LogP contribution in [0.2, 0.25) is 0 Å². The van der Waals surface area contributed by atoms with E-state index in [9.17, 15) is 30.7 Å². The summed E-state index contributed by atoms with van der Waals surface area (Å²) in [6.07, 6.45) is 10.5. The molecule has 47 heavy (non-hydrogen) atoms. The van der Waals surface area contributed by atoms with Crippen LogP contribution >= 0.6 is 0 Å². The first-order valence-electron chi connectivity index (χ1n) is 18.2. The smallest absolute Gasteiger partial charge is 0.343 e. The Morgan fingerprint density at radius 2 is 1.64 bits per heavy atom. The number of carbonyl (C=O) groups is 1. The number of hydrogen-bond donors (Lipinski definition) is 3. The Balaban J connectivity index is 1.26. The summed E-state index contributed by atoms with van der Waals surface area (Å²) in [7, 11) is -9.16. The predicted octanol–water partition coefficient (Wildman–Crippen LogP) is 5.67. The predicted molar refractivity (Wildman–Crippen MR) is 179 cm³/mol. The summed E-state index contributed by atoms with van der Waals surface area (Å²) >= 11 is 0. The average Bonchev–Trinajstić information content (AvgIpc) is 3.54. The molecule has 4 unspecified atom stereocenters. The second-order valence-electron chi connectivity index (χ2n) is 16.6. The third-order valence-corrected chi connectivity index (χ3v) is 14.7. The fraction of sp³-hybridized carbons (Fsp3) is 0.971. The van der Waals surface area contributed by atoms with Gasteiger partial charge in [-0.15, -0.1) is 0 Å². The van der Waals surface area contributed by atoms with Crippen molar-refractivity contribution in [3.63, 3.8) is 0 Å². The molecule has 1 amide bonds. The van der Waals surface area contributed by atoms with Crippen molar-refractivity contribution >= 4 is 26.7 Å². The lowest BCUT2D eigenvalue weighted by Gasteiger charge is -2.63. The summed E-state index contributed by atoms with van der Waals surface area (Å²) in [5.74, 6) is 1.81. The molecule has 3 N–H and O–H groups in total. The Kier molecular flexibility index (Phi) is 11.5. The number of hydrogen-bond acceptors (Lipinski definition) is 8. The minimum atomic E-state index is -4.63. The van der Waals surface area contributed by atoms with Crippen molar-refractivity contribution in [2.24, 2.45) is 52.3 Å². The number of rotatable bonds is 14. The largest absolute Gasteiger partial charge is 0.397 e. The van der Waals surface area contributed by atoms with Crippen LogP contribution in [0.4, 0.5) is 0 Å². The number of nitrogens with one attached hydrogen (secondary N) is 1. The molecule has 4 saturated carbocycles. The second-order valence-corrected chi connectivity index (χ2v) is 18.7. The van der Waals surface area contributed by atoms with Crippen molar-refractivity contribution < 1.29 is 39.1 Å². The summed E-state index contributed by atoms with van der Waals surface area (Å²) in [5, 5.41) is 3.74. The zero-order valence-electron chi connectivity index (χ0n) is 29.1. The molecule has 5 fully saturated rings. The molecule has 0 aromatic heterocycles. The third-order valence-electron chi connectivity index (χ3n) is 13.8. The minimum absolute atomic E-state index is 0.0165. The Hall–Kier alpha value is -0.830. The van der Waals surface area contributed by atoms with Gasteiger partial charge >= 0.3 is 20.8 Å². The molecule has 0 bridgehead atoms. The van der Waals surface area contributed by atoms with Crippen molar-refractivity contribution in [3.05, 3.63) is 0 Å². The lowest BCUT2D eigenvalue weighted by atomic mass is 9.43. The molecule has 5 rings (SSSR count). The van der Waals surface area contributed by atoms with Gasteiger partial charge in [-0.05, 0) is 136 Å². The zero-order valence-corrected chi connectivity index (χ0v) is 30.7. The maximum absolute atomic E-state index is 12.3. The standard InChI is InChI=1S/C34H60N2O9S2/c1-22(2)29(44-46(38,39)40)12-9-23(3)26-10-11-27-32-28(14-16-34(26,27)5)33(4)15-13-25(20-24(33)21-30(32)45-47(41,42)43)35-17-7-19-36-18-6-8-31(36)37/h22-30,32,35H,6-21H2,1-5H3,(H,38,39,40)(H,41,42,43)/t23-,24-,25+,26-,27?,28?,29+,30?,32?,33+,34-/m1/s1. The van der Waals surface area contributed by atoms with E-state index in [4.69, 9.17) is 8.37 Å². The monoisotopic (exact) mass is 704 g/mol. The van der Waals surface area contributed by atoms with Crippen LogP contribution in [-0.4, -0.2) is 74.6 Å². The molecule has 4 aliphatic carbocycles. The maximum atomic E-state index is 12.3. The average molecular weight is 705 g/mol. The van der Waals surface area contributed by atoms with Crippen LogP contribution in [0.3, 0.4) is 0 Å². The molecular formula is C34H60N2O9S2. The van der Waals surface area contributed by atoms with Crippen LogP contribution in [0.25, 0.3) is 0 Å². The molecule has 272 valence electrons. The summed E-state index contributed by atoms with van der Waals surface area (Å²) in [6, 6.07) is 0.343. The van der Waals surface area contributed by atoms with Crippen LogP contribution in [0.5, 0.6) is 0 Å². The first-order valence-corrected chi connectivity index (χ1v) is 21.0. The number of nitrogens with zero attached hydrogens (tertiary/aromatic N) is 1. The highest BCUT2D eigenvalue weighted by atomic mass is 32.3. The summed E-state index contributed by atoms with van der Waals surface area (Å²) in [5.41, 5.74) is 0.0594. The highest BCUT2D eigenvalue weighted by Crippen LogP contribution is 2.69. The minimum Gasteiger partial charge on any atom is -0.343 e.